The number of halogens is 1. The number of para-hydroxylation sites is 1. The van der Waals surface area contributed by atoms with Gasteiger partial charge in [-0.1, -0.05) is 68.3 Å². The van der Waals surface area contributed by atoms with E-state index in [4.69, 9.17) is 22.0 Å². The molecule has 0 spiro atoms. The summed E-state index contributed by atoms with van der Waals surface area (Å²) in [5.41, 5.74) is 13.6. The second-order valence-electron chi connectivity index (χ2n) is 17.6. The lowest BCUT2D eigenvalue weighted by molar-refractivity contribution is -0.137. The normalized spacial score (nSPS) is 13.9. The monoisotopic (exact) mass is 1020 g/mol. The number of unbranched alkanes of at least 4 members (excludes halogenated alkanes) is 2. The molecule has 0 saturated carbocycles. The summed E-state index contributed by atoms with van der Waals surface area (Å²) in [7, 11) is 0. The first-order valence-corrected chi connectivity index (χ1v) is 24.2. The standard InChI is InChI=1S/C49H69FN14O9/c1-3-4-15-36(59-29(2)65)44(69)60-37(18-19-51)45(70)64-41(24-33-27-54-28-58-33)48(73)61-38(21-30-12-6-5-7-13-30)46(71)63-40(23-32(50)26-57-49(52)53)47(72)62-39(43(68)55-20-11-10-17-42(66)67)22-31-25-56-35-16-9-8-14-34(31)35/h5-9,12-14,16,25,27-28,32,36-41,56H,3-4,10-11,15,17-24,26,51H2,1-2H3,(H,54,58)(H,55,68)(H,59,65)(H,60,69)(H,61,73)(H,62,72)(H,63,71)(H,64,70)(H,66,67)(H4,52,53,57)/t32?,36-,37-,38+,39-,40-,41-/m0/s1. The summed E-state index contributed by atoms with van der Waals surface area (Å²) in [5.74, 6) is -6.85. The van der Waals surface area contributed by atoms with Crippen LogP contribution in [-0.2, 0) is 57.6 Å². The van der Waals surface area contributed by atoms with E-state index < -0.39 is 109 Å². The molecule has 7 atom stereocenters. The third-order valence-corrected chi connectivity index (χ3v) is 11.6. The molecular formula is C49H69FN14O9. The van der Waals surface area contributed by atoms with E-state index in [2.05, 4.69) is 57.5 Å². The van der Waals surface area contributed by atoms with Crippen molar-refractivity contribution in [2.45, 2.75) is 127 Å². The number of nitrogens with two attached hydrogens (primary N) is 2. The zero-order valence-electron chi connectivity index (χ0n) is 41.1. The number of aromatic nitrogens is 3. The van der Waals surface area contributed by atoms with E-state index in [1.807, 2.05) is 25.1 Å². The van der Waals surface area contributed by atoms with Crippen LogP contribution < -0.4 is 54.0 Å². The summed E-state index contributed by atoms with van der Waals surface area (Å²) in [5, 5.41) is 38.3. The number of carbonyl (C=O) groups excluding carboxylic acids is 7. The maximum Gasteiger partial charge on any atom is 0.303 e. The first kappa shape index (κ1) is 57.7. The number of fused-ring (bicyclic) bond motifs is 1. The van der Waals surface area contributed by atoms with Crippen LogP contribution >= 0.6 is 0 Å². The number of benzene rings is 2. The number of H-pyrrole nitrogens is 2. The van der Waals surface area contributed by atoms with Gasteiger partial charge in [0.2, 0.25) is 41.4 Å². The molecule has 0 radical (unpaired) electrons. The van der Waals surface area contributed by atoms with E-state index in [0.29, 0.717) is 36.1 Å². The number of rotatable bonds is 32. The van der Waals surface area contributed by atoms with E-state index in [9.17, 15) is 38.4 Å². The van der Waals surface area contributed by atoms with Gasteiger partial charge in [-0.2, -0.15) is 0 Å². The number of hydrogen-bond donors (Lipinski definition) is 14. The molecular weight excluding hydrogens is 948 g/mol. The molecule has 4 rings (SSSR count). The predicted molar refractivity (Wildman–Crippen MR) is 269 cm³/mol. The van der Waals surface area contributed by atoms with Crippen molar-refractivity contribution in [2.24, 2.45) is 11.5 Å². The lowest BCUT2D eigenvalue weighted by Gasteiger charge is -2.28. The van der Waals surface area contributed by atoms with Crippen molar-refractivity contribution in [3.05, 3.63) is 90.1 Å². The summed E-state index contributed by atoms with van der Waals surface area (Å²) in [6, 6.07) is 7.71. The highest BCUT2D eigenvalue weighted by molar-refractivity contribution is 5.97. The Bertz CT molecular complexity index is 2460. The topological polar surface area (TPSA) is 373 Å². The Morgan fingerprint density at radius 2 is 1.29 bits per heavy atom. The lowest BCUT2D eigenvalue weighted by Crippen LogP contribution is -2.61. The molecule has 396 valence electrons. The van der Waals surface area contributed by atoms with Crippen molar-refractivity contribution in [2.75, 3.05) is 19.6 Å². The molecule has 73 heavy (non-hydrogen) atoms. The lowest BCUT2D eigenvalue weighted by atomic mass is 10.0. The summed E-state index contributed by atoms with van der Waals surface area (Å²) in [6.07, 6.45) is 3.61. The van der Waals surface area contributed by atoms with Crippen LogP contribution in [0.15, 0.2) is 73.3 Å². The molecule has 7 amide bonds. The zero-order valence-corrected chi connectivity index (χ0v) is 41.1. The number of nitrogens with zero attached hydrogens (tertiary/aromatic N) is 1. The minimum absolute atomic E-state index is 0.0456. The van der Waals surface area contributed by atoms with Crippen LogP contribution in [0.5, 0.6) is 0 Å². The molecule has 2 heterocycles. The molecule has 0 fully saturated rings. The fourth-order valence-electron chi connectivity index (χ4n) is 7.86. The number of carbonyl (C=O) groups is 8. The molecule has 0 aliphatic rings. The van der Waals surface area contributed by atoms with Gasteiger partial charge in [-0.3, -0.25) is 43.8 Å². The molecule has 0 saturated heterocycles. The third-order valence-electron chi connectivity index (χ3n) is 11.6. The van der Waals surface area contributed by atoms with Crippen LogP contribution in [0, 0.1) is 5.41 Å². The third kappa shape index (κ3) is 20.0. The average molecular weight is 1020 g/mol. The van der Waals surface area contributed by atoms with Gasteiger partial charge in [-0.15, -0.1) is 0 Å². The maximum absolute atomic E-state index is 15.8. The van der Waals surface area contributed by atoms with Crippen LogP contribution in [0.3, 0.4) is 0 Å². The fraction of sp³-hybridized carbons (Fsp3) is 0.469. The number of amides is 7. The van der Waals surface area contributed by atoms with E-state index >= 15 is 4.39 Å². The highest BCUT2D eigenvalue weighted by Gasteiger charge is 2.35. The number of alkyl halides is 1. The van der Waals surface area contributed by atoms with Crippen LogP contribution in [0.2, 0.25) is 0 Å². The van der Waals surface area contributed by atoms with Crippen LogP contribution in [0.4, 0.5) is 4.39 Å². The zero-order chi connectivity index (χ0) is 53.3. The Hall–Kier alpha value is -7.89. The van der Waals surface area contributed by atoms with Gasteiger partial charge in [0.05, 0.1) is 12.0 Å². The molecule has 24 heteroatoms. The largest absolute Gasteiger partial charge is 0.481 e. The molecule has 4 aromatic rings. The van der Waals surface area contributed by atoms with Crippen LogP contribution in [0.1, 0.15) is 82.0 Å². The number of nitrogens with one attached hydrogen (secondary N) is 11. The van der Waals surface area contributed by atoms with E-state index in [1.165, 1.54) is 19.4 Å². The number of hydrogen-bond acceptors (Lipinski definition) is 11. The van der Waals surface area contributed by atoms with Crippen molar-refractivity contribution in [3.8, 4) is 0 Å². The summed E-state index contributed by atoms with van der Waals surface area (Å²) >= 11 is 0. The molecule has 2 aromatic heterocycles. The van der Waals surface area contributed by atoms with Crippen LogP contribution in [0.25, 0.3) is 10.9 Å². The highest BCUT2D eigenvalue weighted by atomic mass is 19.1. The maximum atomic E-state index is 15.8. The Morgan fingerprint density at radius 3 is 1.90 bits per heavy atom. The van der Waals surface area contributed by atoms with Gasteiger partial charge in [0, 0.05) is 75.4 Å². The van der Waals surface area contributed by atoms with E-state index in [-0.39, 0.29) is 51.6 Å². The molecule has 0 aliphatic carbocycles. The minimum Gasteiger partial charge on any atom is -0.481 e. The predicted octanol–water partition coefficient (Wildman–Crippen LogP) is -0.0310. The molecule has 16 N–H and O–H groups in total. The number of aliphatic carboxylic acids is 1. The number of imidazole rings is 1. The van der Waals surface area contributed by atoms with Gasteiger partial charge in [0.25, 0.3) is 0 Å². The molecule has 2 aromatic carbocycles. The van der Waals surface area contributed by atoms with Crippen molar-refractivity contribution >= 4 is 64.2 Å². The van der Waals surface area contributed by atoms with Crippen LogP contribution in [-0.4, -0.2) is 135 Å². The number of aromatic amines is 2. The summed E-state index contributed by atoms with van der Waals surface area (Å²) in [6.45, 7) is 2.70. The van der Waals surface area contributed by atoms with Crippen molar-refractivity contribution < 1.29 is 47.9 Å². The molecule has 23 nitrogen and oxygen atoms in total. The number of guanidine groups is 1. The van der Waals surface area contributed by atoms with E-state index in [1.54, 1.807) is 42.6 Å². The Morgan fingerprint density at radius 1 is 0.699 bits per heavy atom. The first-order valence-electron chi connectivity index (χ1n) is 24.2. The smallest absolute Gasteiger partial charge is 0.303 e. The second kappa shape index (κ2) is 30.1. The van der Waals surface area contributed by atoms with Crippen molar-refractivity contribution in [1.29, 1.82) is 5.41 Å². The molecule has 1 unspecified atom stereocenters. The Kier molecular flexibility index (Phi) is 23.8. The summed E-state index contributed by atoms with van der Waals surface area (Å²) in [4.78, 5) is 118. The van der Waals surface area contributed by atoms with Crippen molar-refractivity contribution in [1.82, 2.24) is 57.5 Å². The van der Waals surface area contributed by atoms with Gasteiger partial charge in [0.1, 0.15) is 42.4 Å². The average Bonchev–Trinajstić information content (AvgIpc) is 4.03. The second-order valence-corrected chi connectivity index (χ2v) is 17.6. The summed E-state index contributed by atoms with van der Waals surface area (Å²) < 4.78 is 15.8. The van der Waals surface area contributed by atoms with Gasteiger partial charge in [-0.25, -0.2) is 9.37 Å². The number of carboxylic acid groups (broad SMARTS) is 1. The minimum atomic E-state index is -1.90. The quantitative estimate of drug-likeness (QED) is 0.0174. The molecule has 0 aliphatic heterocycles. The van der Waals surface area contributed by atoms with Gasteiger partial charge < -0.3 is 69.1 Å². The fourth-order valence-corrected chi connectivity index (χ4v) is 7.86. The molecule has 0 bridgehead atoms. The first-order chi connectivity index (χ1) is 35.0. The Balaban J connectivity index is 1.65. The Labute approximate surface area is 422 Å². The number of carboxylic acids is 1. The van der Waals surface area contributed by atoms with Gasteiger partial charge in [0.15, 0.2) is 5.96 Å². The van der Waals surface area contributed by atoms with Gasteiger partial charge >= 0.3 is 5.97 Å². The van der Waals surface area contributed by atoms with E-state index in [0.717, 1.165) is 17.3 Å². The van der Waals surface area contributed by atoms with Crippen molar-refractivity contribution in [3.63, 3.8) is 0 Å². The highest BCUT2D eigenvalue weighted by Crippen LogP contribution is 2.20. The SMILES string of the molecule is CCCC[C@H](NC(C)=O)C(=O)N[C@@H](CCN)C(=O)N[C@@H](Cc1c[nH]cn1)C(=O)N[C@H](Cc1ccccc1)C(=O)N[C@@H](CC(F)CNC(=N)N)C(=O)N[C@@H](Cc1c[nH]c2ccccc12)C(=O)NCCCCC(=O)O. The van der Waals surface area contributed by atoms with Gasteiger partial charge in [-0.05, 0) is 49.4 Å².